The maximum Gasteiger partial charge on any atom is 0.293 e. The minimum Gasteiger partial charge on any atom is -0.394 e. The molecule has 0 bridgehead atoms. The van der Waals surface area contributed by atoms with Crippen molar-refractivity contribution in [1.82, 2.24) is 0 Å². The number of likely N-dealkylation sites (N-methyl/N-ethyl adjacent to an activating group) is 1. The molecule has 0 radical (unpaired) electrons. The quantitative estimate of drug-likeness (QED) is 0.681. The van der Waals surface area contributed by atoms with Crippen molar-refractivity contribution < 1.29 is 10.0 Å². The van der Waals surface area contributed by atoms with E-state index < -0.39 is 4.92 Å². The molecule has 1 rings (SSSR count). The molecule has 0 unspecified atom stereocenters. The van der Waals surface area contributed by atoms with Crippen molar-refractivity contribution in [2.24, 2.45) is 0 Å². The van der Waals surface area contributed by atoms with Crippen LogP contribution >= 0.6 is 15.9 Å². The summed E-state index contributed by atoms with van der Waals surface area (Å²) in [6, 6.07) is 4.69. The number of halogens is 1. The molecule has 16 heavy (non-hydrogen) atoms. The van der Waals surface area contributed by atoms with Gasteiger partial charge in [0.15, 0.2) is 0 Å². The van der Waals surface area contributed by atoms with Crippen molar-refractivity contribution in [2.75, 3.05) is 18.6 Å². The van der Waals surface area contributed by atoms with E-state index in [0.717, 1.165) is 0 Å². The number of hydrogen-bond donors (Lipinski definition) is 1. The fourth-order valence-corrected chi connectivity index (χ4v) is 1.65. The highest BCUT2D eigenvalue weighted by Crippen LogP contribution is 2.31. The predicted octanol–water partition coefficient (Wildman–Crippen LogP) is 2.17. The topological polar surface area (TPSA) is 66.6 Å². The first-order valence-electron chi connectivity index (χ1n) is 4.75. The molecular weight excluding hydrogens is 276 g/mol. The van der Waals surface area contributed by atoms with E-state index in [1.54, 1.807) is 31.0 Å². The van der Waals surface area contributed by atoms with Gasteiger partial charge in [0.05, 0.1) is 11.5 Å². The lowest BCUT2D eigenvalue weighted by Gasteiger charge is -2.24. The number of aliphatic hydroxyl groups excluding tert-OH is 1. The van der Waals surface area contributed by atoms with Gasteiger partial charge in [-0.2, -0.15) is 0 Å². The highest BCUT2D eigenvalue weighted by atomic mass is 79.9. The number of nitrogens with zero attached hydrogens (tertiary/aromatic N) is 2. The largest absolute Gasteiger partial charge is 0.394 e. The minimum absolute atomic E-state index is 0.0252. The van der Waals surface area contributed by atoms with Crippen LogP contribution in [0.5, 0.6) is 0 Å². The molecular formula is C10H13BrN2O3. The molecule has 0 aliphatic rings. The molecule has 0 aliphatic heterocycles. The maximum atomic E-state index is 10.9. The van der Waals surface area contributed by atoms with E-state index in [0.29, 0.717) is 10.2 Å². The SMILES string of the molecule is C[C@H](CO)N(C)c1ccc(Br)cc1[N+](=O)[O-]. The minimum atomic E-state index is -0.430. The lowest BCUT2D eigenvalue weighted by molar-refractivity contribution is -0.384. The Bertz CT molecular complexity index is 398. The summed E-state index contributed by atoms with van der Waals surface area (Å²) in [5, 5.41) is 19.9. The van der Waals surface area contributed by atoms with E-state index in [1.165, 1.54) is 6.07 Å². The highest BCUT2D eigenvalue weighted by molar-refractivity contribution is 9.10. The summed E-state index contributed by atoms with van der Waals surface area (Å²) < 4.78 is 0.660. The highest BCUT2D eigenvalue weighted by Gasteiger charge is 2.20. The van der Waals surface area contributed by atoms with Crippen LogP contribution in [-0.2, 0) is 0 Å². The molecule has 0 spiro atoms. The van der Waals surface area contributed by atoms with E-state index >= 15 is 0 Å². The molecule has 1 aromatic carbocycles. The maximum absolute atomic E-state index is 10.9. The number of anilines is 1. The standard InChI is InChI=1S/C10H13BrN2O3/c1-7(6-14)12(2)9-4-3-8(11)5-10(9)13(15)16/h3-5,7,14H,6H2,1-2H3/t7-/m1/s1. The first kappa shape index (κ1) is 12.9. The third-order valence-corrected chi connectivity index (χ3v) is 2.93. The van der Waals surface area contributed by atoms with Gasteiger partial charge in [0, 0.05) is 23.6 Å². The van der Waals surface area contributed by atoms with Crippen LogP contribution in [0.25, 0.3) is 0 Å². The number of rotatable bonds is 4. The predicted molar refractivity (Wildman–Crippen MR) is 65.7 cm³/mol. The zero-order valence-corrected chi connectivity index (χ0v) is 10.6. The number of aliphatic hydroxyl groups is 1. The van der Waals surface area contributed by atoms with Crippen LogP contribution in [0.3, 0.4) is 0 Å². The summed E-state index contributed by atoms with van der Waals surface area (Å²) in [7, 11) is 1.72. The van der Waals surface area contributed by atoms with Crippen molar-refractivity contribution in [1.29, 1.82) is 0 Å². The first-order chi connectivity index (χ1) is 7.47. The van der Waals surface area contributed by atoms with Gasteiger partial charge < -0.3 is 10.0 Å². The molecule has 1 atom stereocenters. The zero-order chi connectivity index (χ0) is 12.3. The Morgan fingerprint density at radius 1 is 1.62 bits per heavy atom. The van der Waals surface area contributed by atoms with Gasteiger partial charge in [-0.05, 0) is 19.1 Å². The Morgan fingerprint density at radius 3 is 2.75 bits per heavy atom. The Hall–Kier alpha value is -1.14. The lowest BCUT2D eigenvalue weighted by Crippen LogP contribution is -2.32. The smallest absolute Gasteiger partial charge is 0.293 e. The average Bonchev–Trinajstić information content (AvgIpc) is 2.26. The summed E-state index contributed by atoms with van der Waals surface area (Å²) in [4.78, 5) is 12.1. The lowest BCUT2D eigenvalue weighted by atomic mass is 10.2. The van der Waals surface area contributed by atoms with Crippen molar-refractivity contribution in [3.05, 3.63) is 32.8 Å². The van der Waals surface area contributed by atoms with Crippen LogP contribution in [0.4, 0.5) is 11.4 Å². The van der Waals surface area contributed by atoms with Gasteiger partial charge >= 0.3 is 0 Å². The number of hydrogen-bond acceptors (Lipinski definition) is 4. The first-order valence-corrected chi connectivity index (χ1v) is 5.54. The molecule has 88 valence electrons. The molecule has 0 amide bonds. The van der Waals surface area contributed by atoms with Gasteiger partial charge in [-0.1, -0.05) is 15.9 Å². The normalized spacial score (nSPS) is 12.2. The van der Waals surface area contributed by atoms with E-state index in [1.807, 2.05) is 0 Å². The van der Waals surface area contributed by atoms with Crippen LogP contribution in [-0.4, -0.2) is 29.7 Å². The monoisotopic (exact) mass is 288 g/mol. The number of nitro groups is 1. The fourth-order valence-electron chi connectivity index (χ4n) is 1.30. The van der Waals surface area contributed by atoms with E-state index in [-0.39, 0.29) is 18.3 Å². The Labute approximate surface area is 102 Å². The van der Waals surface area contributed by atoms with Gasteiger partial charge in [0.1, 0.15) is 5.69 Å². The summed E-state index contributed by atoms with van der Waals surface area (Å²) in [5.41, 5.74) is 0.520. The Balaban J connectivity index is 3.17. The number of nitro benzene ring substituents is 1. The molecule has 0 fully saturated rings. The van der Waals surface area contributed by atoms with Crippen LogP contribution in [0, 0.1) is 10.1 Å². The molecule has 0 heterocycles. The molecule has 0 aliphatic carbocycles. The molecule has 1 aromatic rings. The summed E-state index contributed by atoms with van der Waals surface area (Å²) in [5.74, 6) is 0. The van der Waals surface area contributed by atoms with Gasteiger partial charge in [0.25, 0.3) is 5.69 Å². The van der Waals surface area contributed by atoms with Crippen LogP contribution in [0.1, 0.15) is 6.92 Å². The summed E-state index contributed by atoms with van der Waals surface area (Å²) in [6.07, 6.45) is 0. The molecule has 0 aromatic heterocycles. The van der Waals surface area contributed by atoms with Crippen LogP contribution in [0.2, 0.25) is 0 Å². The number of benzene rings is 1. The van der Waals surface area contributed by atoms with Crippen molar-refractivity contribution in [2.45, 2.75) is 13.0 Å². The van der Waals surface area contributed by atoms with Gasteiger partial charge in [-0.25, -0.2) is 0 Å². The van der Waals surface area contributed by atoms with E-state index in [4.69, 9.17) is 5.11 Å². The van der Waals surface area contributed by atoms with Crippen LogP contribution in [0.15, 0.2) is 22.7 Å². The molecule has 0 saturated heterocycles. The second-order valence-electron chi connectivity index (χ2n) is 3.53. The molecule has 0 saturated carbocycles. The van der Waals surface area contributed by atoms with Gasteiger partial charge in [0.2, 0.25) is 0 Å². The Morgan fingerprint density at radius 2 is 2.25 bits per heavy atom. The van der Waals surface area contributed by atoms with Gasteiger partial charge in [-0.3, -0.25) is 10.1 Å². The summed E-state index contributed by atoms with van der Waals surface area (Å²) >= 11 is 3.20. The van der Waals surface area contributed by atoms with Crippen molar-refractivity contribution in [3.8, 4) is 0 Å². The van der Waals surface area contributed by atoms with Crippen molar-refractivity contribution in [3.63, 3.8) is 0 Å². The van der Waals surface area contributed by atoms with E-state index in [2.05, 4.69) is 15.9 Å². The van der Waals surface area contributed by atoms with Crippen LogP contribution < -0.4 is 4.90 Å². The molecule has 1 N–H and O–H groups in total. The molecule has 6 heteroatoms. The van der Waals surface area contributed by atoms with E-state index in [9.17, 15) is 10.1 Å². The molecule has 5 nitrogen and oxygen atoms in total. The van der Waals surface area contributed by atoms with Gasteiger partial charge in [-0.15, -0.1) is 0 Å². The second kappa shape index (κ2) is 5.27. The van der Waals surface area contributed by atoms with Crippen molar-refractivity contribution >= 4 is 27.3 Å². The third-order valence-electron chi connectivity index (χ3n) is 2.44. The average molecular weight is 289 g/mol. The third kappa shape index (κ3) is 2.70. The zero-order valence-electron chi connectivity index (χ0n) is 9.05. The Kier molecular flexibility index (Phi) is 4.26. The summed E-state index contributed by atoms with van der Waals surface area (Å²) in [6.45, 7) is 1.75. The fraction of sp³-hybridized carbons (Fsp3) is 0.400. The second-order valence-corrected chi connectivity index (χ2v) is 4.45.